The molecule has 0 spiro atoms. The highest BCUT2D eigenvalue weighted by Gasteiger charge is 2.66. The van der Waals surface area contributed by atoms with Gasteiger partial charge >= 0.3 is 12.2 Å². The van der Waals surface area contributed by atoms with E-state index in [1.165, 1.54) is 0 Å². The third kappa shape index (κ3) is 6.28. The average Bonchev–Trinajstić information content (AvgIpc) is 3.67. The Morgan fingerprint density at radius 1 is 0.696 bits per heavy atom. The second kappa shape index (κ2) is 14.6. The van der Waals surface area contributed by atoms with Crippen LogP contribution in [0.5, 0.6) is 0 Å². The highest BCUT2D eigenvalue weighted by molar-refractivity contribution is 6.00. The smallest absolute Gasteiger partial charge is 0.411 e. The minimum Gasteiger partial charge on any atom is -0.465 e. The third-order valence-corrected chi connectivity index (χ3v) is 12.6. The van der Waals surface area contributed by atoms with E-state index in [2.05, 4.69) is 10.6 Å². The van der Waals surface area contributed by atoms with Crippen LogP contribution in [0, 0.1) is 16.7 Å². The van der Waals surface area contributed by atoms with E-state index in [0.29, 0.717) is 36.8 Å². The number of likely N-dealkylation sites (tertiary alicyclic amines) is 2. The molecule has 16 heteroatoms. The maximum Gasteiger partial charge on any atom is 0.411 e. The Labute approximate surface area is 324 Å². The molecule has 56 heavy (non-hydrogen) atoms. The number of amides is 7. The Morgan fingerprint density at radius 2 is 1.05 bits per heavy atom. The maximum absolute atomic E-state index is 15.0. The van der Waals surface area contributed by atoms with Gasteiger partial charge in [-0.3, -0.25) is 44.4 Å². The van der Waals surface area contributed by atoms with Gasteiger partial charge in [-0.2, -0.15) is 0 Å². The van der Waals surface area contributed by atoms with E-state index in [-0.39, 0.29) is 44.7 Å². The monoisotopic (exact) mass is 773 g/mol. The van der Waals surface area contributed by atoms with Crippen LogP contribution in [0.15, 0.2) is 48.5 Å². The van der Waals surface area contributed by atoms with Crippen molar-refractivity contribution >= 4 is 41.7 Å². The first kappa shape index (κ1) is 40.3. The van der Waals surface area contributed by atoms with Crippen molar-refractivity contribution in [3.05, 3.63) is 70.8 Å². The molecule has 4 unspecified atom stereocenters. The molecule has 0 saturated carbocycles. The van der Waals surface area contributed by atoms with E-state index in [1.54, 1.807) is 56.9 Å². The Hall–Kier alpha value is -5.35. The number of rotatable bonds is 11. The zero-order valence-corrected chi connectivity index (χ0v) is 32.2. The Bertz CT molecular complexity index is 1830. The fourth-order valence-corrected chi connectivity index (χ4v) is 10.9. The van der Waals surface area contributed by atoms with Crippen LogP contribution in [0.3, 0.4) is 0 Å². The second-order valence-corrected chi connectivity index (χ2v) is 16.6. The van der Waals surface area contributed by atoms with Gasteiger partial charge in [0.25, 0.3) is 11.8 Å². The lowest BCUT2D eigenvalue weighted by atomic mass is 9.62. The van der Waals surface area contributed by atoms with Crippen molar-refractivity contribution in [2.45, 2.75) is 102 Å². The second-order valence-electron chi connectivity index (χ2n) is 16.6. The summed E-state index contributed by atoms with van der Waals surface area (Å²) in [6.07, 6.45) is -3.63. The van der Waals surface area contributed by atoms with E-state index in [0.717, 1.165) is 11.1 Å². The molecule has 0 radical (unpaired) electrons. The van der Waals surface area contributed by atoms with E-state index in [9.17, 15) is 43.8 Å². The lowest BCUT2D eigenvalue weighted by molar-refractivity contribution is -0.179. The molecule has 8 N–H and O–H groups in total. The van der Waals surface area contributed by atoms with Crippen LogP contribution in [0.2, 0.25) is 0 Å². The number of carbonyl (C=O) groups excluding carboxylic acids is 5. The van der Waals surface area contributed by atoms with Crippen molar-refractivity contribution in [1.82, 2.24) is 25.3 Å². The van der Waals surface area contributed by atoms with E-state index < -0.39 is 76.0 Å². The SMILES string of the molecule is CC(C)C(=O)N(C1CCCN1[C@]1(C(=O)NC(=O)O)c2ccc(cc2)CC1(C)CC(N)=O)C1CCCN1[C@]1(C(=O)NC(=O)O)c2ccc(cc2)CC1(C)CC(N)=O. The van der Waals surface area contributed by atoms with Gasteiger partial charge < -0.3 is 26.6 Å². The van der Waals surface area contributed by atoms with Crippen LogP contribution in [-0.2, 0) is 47.9 Å². The molecule has 4 bridgehead atoms. The molecule has 16 nitrogen and oxygen atoms in total. The number of hydrogen-bond acceptors (Lipinski definition) is 9. The molecule has 6 aliphatic rings. The number of nitrogens with one attached hydrogen (secondary N) is 2. The zero-order chi connectivity index (χ0) is 41.0. The van der Waals surface area contributed by atoms with Gasteiger partial charge in [-0.05, 0) is 60.8 Å². The van der Waals surface area contributed by atoms with Gasteiger partial charge in [0.05, 0.1) is 12.3 Å². The van der Waals surface area contributed by atoms with Crippen LogP contribution < -0.4 is 22.1 Å². The molecule has 2 saturated heterocycles. The van der Waals surface area contributed by atoms with Crippen LogP contribution in [0.25, 0.3) is 0 Å². The molecule has 4 aliphatic carbocycles. The minimum atomic E-state index is -1.84. The number of nitrogens with two attached hydrogens (primary N) is 2. The summed E-state index contributed by atoms with van der Waals surface area (Å²) in [6, 6.07) is 14.3. The van der Waals surface area contributed by atoms with Crippen molar-refractivity contribution in [3.8, 4) is 0 Å². The number of primary amides is 2. The maximum atomic E-state index is 15.0. The summed E-state index contributed by atoms with van der Waals surface area (Å²) in [6.45, 7) is 7.37. The molecule has 2 aromatic rings. The van der Waals surface area contributed by atoms with Crippen LogP contribution in [-0.4, -0.2) is 92.1 Å². The van der Waals surface area contributed by atoms with Gasteiger partial charge in [-0.15, -0.1) is 0 Å². The van der Waals surface area contributed by atoms with Crippen LogP contribution >= 0.6 is 0 Å². The highest BCUT2D eigenvalue weighted by atomic mass is 16.4. The number of benzene rings is 2. The predicted molar refractivity (Wildman–Crippen MR) is 201 cm³/mol. The molecule has 6 atom stereocenters. The van der Waals surface area contributed by atoms with Gasteiger partial charge in [-0.1, -0.05) is 76.2 Å². The van der Waals surface area contributed by atoms with E-state index >= 15 is 0 Å². The lowest BCUT2D eigenvalue weighted by Gasteiger charge is -2.58. The van der Waals surface area contributed by atoms with E-state index in [4.69, 9.17) is 11.5 Å². The first-order valence-corrected chi connectivity index (χ1v) is 19.0. The molecule has 2 aromatic carbocycles. The van der Waals surface area contributed by atoms with Gasteiger partial charge in [0, 0.05) is 42.7 Å². The summed E-state index contributed by atoms with van der Waals surface area (Å²) in [5.41, 5.74) is 7.91. The fraction of sp³-hybridized carbons (Fsp3) is 0.525. The molecular formula is C40H51N7O9. The molecule has 7 amide bonds. The number of carboxylic acid groups (broad SMARTS) is 2. The average molecular weight is 774 g/mol. The molecule has 300 valence electrons. The van der Waals surface area contributed by atoms with Gasteiger partial charge in [0.2, 0.25) is 17.7 Å². The molecular weight excluding hydrogens is 722 g/mol. The van der Waals surface area contributed by atoms with Crippen molar-refractivity contribution in [1.29, 1.82) is 0 Å². The van der Waals surface area contributed by atoms with Crippen molar-refractivity contribution in [3.63, 3.8) is 0 Å². The third-order valence-electron chi connectivity index (χ3n) is 12.6. The Morgan fingerprint density at radius 3 is 1.36 bits per heavy atom. The first-order chi connectivity index (χ1) is 26.3. The van der Waals surface area contributed by atoms with Crippen LogP contribution in [0.1, 0.15) is 88.5 Å². The summed E-state index contributed by atoms with van der Waals surface area (Å²) < 4.78 is 0. The number of hydrogen-bond donors (Lipinski definition) is 6. The standard InChI is InChI=1S/C40H51N7O9/c1-23(2)32(50)47(30-7-5-17-45(30)39(33(51)43-35(53)54)26-13-9-24(10-14-26)19-37(39,3)21-28(41)48)31-8-6-18-46(31)40(34(52)44-36(55)56)27-15-11-25(12-16-27)20-38(40,4)22-29(42)49/h9-16,23,30-31H,5-8,17-22H2,1-4H3,(H2,41,48)(H2,42,49)(H,43,51)(H,44,52)(H,53,54)(H,55,56)/t30?,31?,37?,38?,39-,40-/m0/s1. The normalized spacial score (nSPS) is 29.7. The van der Waals surface area contributed by atoms with Crippen molar-refractivity contribution in [2.24, 2.45) is 28.2 Å². The number of imide groups is 2. The molecule has 8 rings (SSSR count). The molecule has 2 aliphatic heterocycles. The lowest BCUT2D eigenvalue weighted by Crippen LogP contribution is -2.73. The molecule has 2 heterocycles. The van der Waals surface area contributed by atoms with Gasteiger partial charge in [0.1, 0.15) is 11.1 Å². The largest absolute Gasteiger partial charge is 0.465 e. The fourth-order valence-electron chi connectivity index (χ4n) is 10.9. The minimum absolute atomic E-state index is 0.177. The summed E-state index contributed by atoms with van der Waals surface area (Å²) in [5.74, 6) is -4.14. The summed E-state index contributed by atoms with van der Waals surface area (Å²) >= 11 is 0. The summed E-state index contributed by atoms with van der Waals surface area (Å²) in [7, 11) is 0. The predicted octanol–water partition coefficient (Wildman–Crippen LogP) is 2.57. The molecule has 2 fully saturated rings. The van der Waals surface area contributed by atoms with Gasteiger partial charge in [0.15, 0.2) is 0 Å². The van der Waals surface area contributed by atoms with E-state index in [1.807, 2.05) is 34.1 Å². The Balaban J connectivity index is 1.60. The quantitative estimate of drug-likeness (QED) is 0.194. The molecule has 0 aromatic heterocycles. The number of nitrogens with zero attached hydrogens (tertiary/aromatic N) is 3. The topological polar surface area (TPSA) is 246 Å². The summed E-state index contributed by atoms with van der Waals surface area (Å²) in [4.78, 5) is 100. The zero-order valence-electron chi connectivity index (χ0n) is 32.2. The first-order valence-electron chi connectivity index (χ1n) is 19.0. The Kier molecular flexibility index (Phi) is 10.5. The number of carbonyl (C=O) groups is 7. The highest BCUT2D eigenvalue weighted by Crippen LogP contribution is 2.57. The van der Waals surface area contributed by atoms with Crippen molar-refractivity contribution in [2.75, 3.05) is 13.1 Å². The number of fused-ring (bicyclic) bond motifs is 8. The van der Waals surface area contributed by atoms with Crippen LogP contribution in [0.4, 0.5) is 9.59 Å². The van der Waals surface area contributed by atoms with Crippen molar-refractivity contribution < 1.29 is 43.8 Å². The summed E-state index contributed by atoms with van der Waals surface area (Å²) in [5, 5.41) is 24.2. The van der Waals surface area contributed by atoms with Gasteiger partial charge in [-0.25, -0.2) is 9.59 Å².